The van der Waals surface area contributed by atoms with Gasteiger partial charge in [0, 0.05) is 11.9 Å². The number of aromatic amines is 1. The molecule has 1 aromatic rings. The molecule has 1 aliphatic rings. The largest absolute Gasteiger partial charge is 0.462 e. The summed E-state index contributed by atoms with van der Waals surface area (Å²) in [5, 5.41) is 0. The third kappa shape index (κ3) is 1.80. The van der Waals surface area contributed by atoms with E-state index in [0.717, 1.165) is 18.5 Å². The number of aryl methyl sites for hydroxylation is 1. The summed E-state index contributed by atoms with van der Waals surface area (Å²) in [4.78, 5) is 26.3. The number of ether oxygens (including phenoxy) is 1. The van der Waals surface area contributed by atoms with Crippen LogP contribution in [0.15, 0.2) is 6.20 Å². The Labute approximate surface area is 101 Å². The fourth-order valence-electron chi connectivity index (χ4n) is 1.87. The molecule has 0 saturated heterocycles. The van der Waals surface area contributed by atoms with Crippen molar-refractivity contribution in [2.45, 2.75) is 24.6 Å². The van der Waals surface area contributed by atoms with Gasteiger partial charge in [0.2, 0.25) is 0 Å². The van der Waals surface area contributed by atoms with Crippen LogP contribution >= 0.6 is 15.9 Å². The van der Waals surface area contributed by atoms with E-state index in [0.29, 0.717) is 17.7 Å². The van der Waals surface area contributed by atoms with Gasteiger partial charge >= 0.3 is 5.97 Å². The topological polar surface area (TPSA) is 59.2 Å². The van der Waals surface area contributed by atoms with E-state index in [1.165, 1.54) is 0 Å². The van der Waals surface area contributed by atoms with Gasteiger partial charge in [-0.05, 0) is 19.8 Å². The van der Waals surface area contributed by atoms with Crippen molar-refractivity contribution in [2.75, 3.05) is 6.61 Å². The Morgan fingerprint density at radius 1 is 1.69 bits per heavy atom. The van der Waals surface area contributed by atoms with Crippen molar-refractivity contribution < 1.29 is 14.3 Å². The molecule has 0 radical (unpaired) electrons. The van der Waals surface area contributed by atoms with Crippen LogP contribution in [0.5, 0.6) is 0 Å². The van der Waals surface area contributed by atoms with Crippen LogP contribution in [-0.4, -0.2) is 28.2 Å². The number of hydrogen-bond acceptors (Lipinski definition) is 3. The molecule has 16 heavy (non-hydrogen) atoms. The standard InChI is InChI=1S/C11H12BrNO3/c1-2-16-11(15)6-5-13-8-4-3-7(12)10(14)9(6)8/h5,7,13H,2-4H2,1H3. The molecule has 86 valence electrons. The lowest BCUT2D eigenvalue weighted by molar-refractivity contribution is 0.0523. The molecule has 0 bridgehead atoms. The molecule has 1 aliphatic carbocycles. The molecule has 0 spiro atoms. The molecule has 1 unspecified atom stereocenters. The maximum absolute atomic E-state index is 11.9. The molecule has 0 fully saturated rings. The van der Waals surface area contributed by atoms with Crippen LogP contribution in [0.25, 0.3) is 0 Å². The first-order valence-corrected chi connectivity index (χ1v) is 6.12. The summed E-state index contributed by atoms with van der Waals surface area (Å²) >= 11 is 3.31. The Bertz CT molecular complexity index is 438. The number of nitrogens with one attached hydrogen (secondary N) is 1. The Morgan fingerprint density at radius 3 is 3.12 bits per heavy atom. The average Bonchev–Trinajstić information content (AvgIpc) is 2.68. The van der Waals surface area contributed by atoms with E-state index in [1.54, 1.807) is 13.1 Å². The molecular weight excluding hydrogens is 274 g/mol. The third-order valence-electron chi connectivity index (χ3n) is 2.64. The van der Waals surface area contributed by atoms with E-state index in [9.17, 15) is 9.59 Å². The molecule has 1 aromatic heterocycles. The smallest absolute Gasteiger partial charge is 0.340 e. The molecule has 1 atom stereocenters. The van der Waals surface area contributed by atoms with Gasteiger partial charge in [-0.15, -0.1) is 0 Å². The van der Waals surface area contributed by atoms with Crippen molar-refractivity contribution in [3.8, 4) is 0 Å². The van der Waals surface area contributed by atoms with Gasteiger partial charge in [0.05, 0.1) is 22.6 Å². The molecule has 1 N–H and O–H groups in total. The number of fused-ring (bicyclic) bond motifs is 1. The highest BCUT2D eigenvalue weighted by Gasteiger charge is 2.31. The predicted octanol–water partition coefficient (Wildman–Crippen LogP) is 2.08. The van der Waals surface area contributed by atoms with Gasteiger partial charge in [0.1, 0.15) is 0 Å². The number of alkyl halides is 1. The zero-order valence-corrected chi connectivity index (χ0v) is 10.5. The number of carbonyl (C=O) groups excluding carboxylic acids is 2. The van der Waals surface area contributed by atoms with Gasteiger partial charge in [-0.25, -0.2) is 4.79 Å². The van der Waals surface area contributed by atoms with Gasteiger partial charge in [-0.3, -0.25) is 4.79 Å². The summed E-state index contributed by atoms with van der Waals surface area (Å²) in [5.41, 5.74) is 1.68. The molecular formula is C11H12BrNO3. The number of halogens is 1. The highest BCUT2D eigenvalue weighted by Crippen LogP contribution is 2.28. The van der Waals surface area contributed by atoms with Gasteiger partial charge in [0.15, 0.2) is 5.78 Å². The van der Waals surface area contributed by atoms with Crippen molar-refractivity contribution in [1.82, 2.24) is 4.98 Å². The second-order valence-electron chi connectivity index (χ2n) is 3.65. The Kier molecular flexibility index (Phi) is 3.14. The second kappa shape index (κ2) is 4.41. The molecule has 0 saturated carbocycles. The van der Waals surface area contributed by atoms with E-state index in [-0.39, 0.29) is 10.6 Å². The number of esters is 1. The summed E-state index contributed by atoms with van der Waals surface area (Å²) in [6, 6.07) is 0. The van der Waals surface area contributed by atoms with Crippen molar-refractivity contribution in [3.63, 3.8) is 0 Å². The number of rotatable bonds is 2. The lowest BCUT2D eigenvalue weighted by Crippen LogP contribution is -2.24. The maximum Gasteiger partial charge on any atom is 0.340 e. The summed E-state index contributed by atoms with van der Waals surface area (Å²) in [7, 11) is 0. The van der Waals surface area contributed by atoms with Crippen LogP contribution in [0.3, 0.4) is 0 Å². The van der Waals surface area contributed by atoms with Gasteiger partial charge in [0.25, 0.3) is 0 Å². The van der Waals surface area contributed by atoms with E-state index < -0.39 is 5.97 Å². The normalized spacial score (nSPS) is 19.4. The maximum atomic E-state index is 11.9. The van der Waals surface area contributed by atoms with Crippen LogP contribution in [0, 0.1) is 0 Å². The number of carbonyl (C=O) groups is 2. The van der Waals surface area contributed by atoms with Crippen molar-refractivity contribution in [1.29, 1.82) is 0 Å². The van der Waals surface area contributed by atoms with Crippen LogP contribution in [-0.2, 0) is 11.2 Å². The molecule has 0 aliphatic heterocycles. The highest BCUT2D eigenvalue weighted by molar-refractivity contribution is 9.10. The van der Waals surface area contributed by atoms with Crippen LogP contribution in [0.4, 0.5) is 0 Å². The first-order chi connectivity index (χ1) is 7.65. The number of ketones is 1. The van der Waals surface area contributed by atoms with Crippen LogP contribution < -0.4 is 0 Å². The minimum Gasteiger partial charge on any atom is -0.462 e. The number of H-pyrrole nitrogens is 1. The van der Waals surface area contributed by atoms with Crippen molar-refractivity contribution in [2.24, 2.45) is 0 Å². The van der Waals surface area contributed by atoms with Gasteiger partial charge < -0.3 is 9.72 Å². The number of aromatic nitrogens is 1. The fourth-order valence-corrected chi connectivity index (χ4v) is 2.33. The molecule has 0 amide bonds. The lowest BCUT2D eigenvalue weighted by Gasteiger charge is -2.16. The quantitative estimate of drug-likeness (QED) is 0.669. The summed E-state index contributed by atoms with van der Waals surface area (Å²) < 4.78 is 4.91. The monoisotopic (exact) mass is 285 g/mol. The Balaban J connectivity index is 2.39. The zero-order valence-electron chi connectivity index (χ0n) is 8.88. The number of hydrogen-bond donors (Lipinski definition) is 1. The molecule has 0 aromatic carbocycles. The van der Waals surface area contributed by atoms with E-state index in [4.69, 9.17) is 4.74 Å². The lowest BCUT2D eigenvalue weighted by atomic mass is 9.94. The fraction of sp³-hybridized carbons (Fsp3) is 0.455. The Hall–Kier alpha value is -1.10. The summed E-state index contributed by atoms with van der Waals surface area (Å²) in [5.74, 6) is -0.472. The van der Waals surface area contributed by atoms with Crippen molar-refractivity contribution >= 4 is 27.7 Å². The minimum atomic E-state index is -0.435. The van der Waals surface area contributed by atoms with E-state index in [2.05, 4.69) is 20.9 Å². The van der Waals surface area contributed by atoms with Gasteiger partial charge in [-0.2, -0.15) is 0 Å². The first kappa shape index (κ1) is 11.4. The molecule has 5 heteroatoms. The predicted molar refractivity (Wildman–Crippen MR) is 62.1 cm³/mol. The summed E-state index contributed by atoms with van der Waals surface area (Å²) in [6.45, 7) is 2.05. The molecule has 1 heterocycles. The molecule has 2 rings (SSSR count). The van der Waals surface area contributed by atoms with Gasteiger partial charge in [-0.1, -0.05) is 15.9 Å². The highest BCUT2D eigenvalue weighted by atomic mass is 79.9. The van der Waals surface area contributed by atoms with Crippen molar-refractivity contribution in [3.05, 3.63) is 23.0 Å². The third-order valence-corrected chi connectivity index (χ3v) is 3.51. The zero-order chi connectivity index (χ0) is 11.7. The minimum absolute atomic E-state index is 0.0365. The second-order valence-corrected chi connectivity index (χ2v) is 4.75. The van der Waals surface area contributed by atoms with E-state index in [1.807, 2.05) is 0 Å². The number of Topliss-reactive ketones (excluding diaryl/α,β-unsaturated/α-hetero) is 1. The SMILES string of the molecule is CCOC(=O)c1c[nH]c2c1C(=O)C(Br)CC2. The first-order valence-electron chi connectivity index (χ1n) is 5.20. The van der Waals surface area contributed by atoms with Crippen LogP contribution in [0.1, 0.15) is 39.8 Å². The van der Waals surface area contributed by atoms with Crippen LogP contribution in [0.2, 0.25) is 0 Å². The van der Waals surface area contributed by atoms with E-state index >= 15 is 0 Å². The summed E-state index contributed by atoms with van der Waals surface area (Å²) in [6.07, 6.45) is 3.09. The average molecular weight is 286 g/mol. The molecule has 4 nitrogen and oxygen atoms in total. The Morgan fingerprint density at radius 2 is 2.44 bits per heavy atom.